The van der Waals surface area contributed by atoms with Crippen LogP contribution in [0.15, 0.2) is 60.7 Å². The zero-order valence-corrected chi connectivity index (χ0v) is 19.6. The molecule has 188 valence electrons. The number of carbonyl (C=O) groups excluding carboxylic acids is 3. The maximum Gasteiger partial charge on any atom is 0.408 e. The van der Waals surface area contributed by atoms with Gasteiger partial charge in [0.1, 0.15) is 25.8 Å². The summed E-state index contributed by atoms with van der Waals surface area (Å²) < 4.78 is 10.3. The molecular weight excluding hydrogens is 454 g/mol. The molecule has 0 unspecified atom stereocenters. The van der Waals surface area contributed by atoms with Crippen LogP contribution in [-0.4, -0.2) is 60.2 Å². The Morgan fingerprint density at radius 3 is 1.94 bits per heavy atom. The summed E-state index contributed by atoms with van der Waals surface area (Å²) >= 11 is 0. The number of rotatable bonds is 13. The van der Waals surface area contributed by atoms with E-state index in [0.717, 1.165) is 16.0 Å². The van der Waals surface area contributed by atoms with Crippen LogP contribution in [0.3, 0.4) is 0 Å². The van der Waals surface area contributed by atoms with Crippen molar-refractivity contribution in [3.8, 4) is 0 Å². The zero-order chi connectivity index (χ0) is 25.5. The minimum Gasteiger partial charge on any atom is -0.480 e. The molecule has 0 aromatic heterocycles. The average molecular weight is 486 g/mol. The number of ether oxygens (including phenoxy) is 2. The van der Waals surface area contributed by atoms with Crippen LogP contribution in [0.2, 0.25) is 0 Å². The van der Waals surface area contributed by atoms with Crippen LogP contribution in [0.1, 0.15) is 30.4 Å². The number of carboxylic acids is 1. The predicted octanol–water partition coefficient (Wildman–Crippen LogP) is 2.92. The maximum absolute atomic E-state index is 12.7. The molecule has 0 aliphatic heterocycles. The molecular formula is C25H31N3O7. The van der Waals surface area contributed by atoms with Gasteiger partial charge in [0, 0.05) is 13.6 Å². The molecule has 0 fully saturated rings. The lowest BCUT2D eigenvalue weighted by atomic mass is 10.1. The zero-order valence-electron chi connectivity index (χ0n) is 19.6. The maximum atomic E-state index is 12.7. The number of benzene rings is 2. The van der Waals surface area contributed by atoms with Crippen LogP contribution >= 0.6 is 0 Å². The van der Waals surface area contributed by atoms with Crippen molar-refractivity contribution in [2.75, 3.05) is 20.1 Å². The predicted molar refractivity (Wildman–Crippen MR) is 127 cm³/mol. The Morgan fingerprint density at radius 2 is 1.40 bits per heavy atom. The lowest BCUT2D eigenvalue weighted by Crippen LogP contribution is -2.48. The molecule has 3 amide bonds. The first kappa shape index (κ1) is 27.2. The van der Waals surface area contributed by atoms with Crippen molar-refractivity contribution >= 4 is 24.1 Å². The number of carboxylic acid groups (broad SMARTS) is 1. The molecule has 0 bridgehead atoms. The van der Waals surface area contributed by atoms with Gasteiger partial charge in [-0.2, -0.15) is 0 Å². The summed E-state index contributed by atoms with van der Waals surface area (Å²) in [5, 5.41) is 14.1. The average Bonchev–Trinajstić information content (AvgIpc) is 2.85. The first-order valence-corrected chi connectivity index (χ1v) is 11.2. The fraction of sp³-hybridized carbons (Fsp3) is 0.360. The van der Waals surface area contributed by atoms with Crippen molar-refractivity contribution in [1.29, 1.82) is 0 Å². The van der Waals surface area contributed by atoms with E-state index < -0.39 is 36.6 Å². The van der Waals surface area contributed by atoms with Crippen molar-refractivity contribution in [3.05, 3.63) is 71.8 Å². The van der Waals surface area contributed by atoms with E-state index in [0.29, 0.717) is 19.4 Å². The molecule has 2 aromatic rings. The van der Waals surface area contributed by atoms with Gasteiger partial charge in [0.2, 0.25) is 5.91 Å². The smallest absolute Gasteiger partial charge is 0.408 e. The van der Waals surface area contributed by atoms with Crippen molar-refractivity contribution in [1.82, 2.24) is 15.5 Å². The molecule has 2 rings (SSSR count). The number of hydrogen-bond donors (Lipinski definition) is 3. The van der Waals surface area contributed by atoms with Crippen molar-refractivity contribution in [3.63, 3.8) is 0 Å². The molecule has 3 N–H and O–H groups in total. The highest BCUT2D eigenvalue weighted by atomic mass is 16.6. The summed E-state index contributed by atoms with van der Waals surface area (Å²) in [6.07, 6.45) is -0.0869. The number of carbonyl (C=O) groups is 4. The topological polar surface area (TPSA) is 134 Å². The molecule has 10 nitrogen and oxygen atoms in total. The first-order chi connectivity index (χ1) is 16.8. The van der Waals surface area contributed by atoms with Crippen molar-refractivity contribution in [2.45, 2.75) is 38.5 Å². The fourth-order valence-corrected chi connectivity index (χ4v) is 3.15. The van der Waals surface area contributed by atoms with Crippen LogP contribution in [0.25, 0.3) is 0 Å². The van der Waals surface area contributed by atoms with Gasteiger partial charge in [0.25, 0.3) is 0 Å². The number of alkyl carbamates (subject to hydrolysis) is 2. The molecule has 0 saturated carbocycles. The van der Waals surface area contributed by atoms with Gasteiger partial charge >= 0.3 is 18.2 Å². The summed E-state index contributed by atoms with van der Waals surface area (Å²) in [5.74, 6) is -1.70. The normalized spacial score (nSPS) is 11.1. The lowest BCUT2D eigenvalue weighted by molar-refractivity contribution is -0.144. The number of hydrogen-bond acceptors (Lipinski definition) is 6. The molecule has 35 heavy (non-hydrogen) atoms. The monoisotopic (exact) mass is 485 g/mol. The van der Waals surface area contributed by atoms with E-state index in [1.54, 1.807) is 12.1 Å². The highest BCUT2D eigenvalue weighted by Gasteiger charge is 2.25. The third kappa shape index (κ3) is 11.1. The van der Waals surface area contributed by atoms with E-state index in [2.05, 4.69) is 10.6 Å². The highest BCUT2D eigenvalue weighted by Crippen LogP contribution is 2.07. The van der Waals surface area contributed by atoms with Crippen LogP contribution in [0, 0.1) is 0 Å². The van der Waals surface area contributed by atoms with E-state index in [1.165, 1.54) is 7.05 Å². The quantitative estimate of drug-likeness (QED) is 0.371. The Balaban J connectivity index is 1.77. The first-order valence-electron chi connectivity index (χ1n) is 11.2. The summed E-state index contributed by atoms with van der Waals surface area (Å²) in [7, 11) is 1.35. The van der Waals surface area contributed by atoms with E-state index in [-0.39, 0.29) is 19.6 Å². The third-order valence-corrected chi connectivity index (χ3v) is 4.95. The molecule has 0 spiro atoms. The number of nitrogens with one attached hydrogen (secondary N) is 2. The molecule has 0 aliphatic rings. The Bertz CT molecular complexity index is 954. The van der Waals surface area contributed by atoms with Gasteiger partial charge < -0.3 is 30.1 Å². The summed E-state index contributed by atoms with van der Waals surface area (Å²) in [5.41, 5.74) is 1.67. The van der Waals surface area contributed by atoms with E-state index in [4.69, 9.17) is 14.6 Å². The van der Waals surface area contributed by atoms with Gasteiger partial charge in [-0.15, -0.1) is 0 Å². The van der Waals surface area contributed by atoms with Crippen LogP contribution < -0.4 is 10.6 Å². The third-order valence-electron chi connectivity index (χ3n) is 4.95. The van der Waals surface area contributed by atoms with Crippen molar-refractivity contribution in [2.24, 2.45) is 0 Å². The summed E-state index contributed by atoms with van der Waals surface area (Å²) in [6.45, 7) is 0.0184. The van der Waals surface area contributed by atoms with Gasteiger partial charge in [0.05, 0.1) is 0 Å². The molecule has 10 heteroatoms. The number of aliphatic carboxylic acids is 1. The van der Waals surface area contributed by atoms with E-state index in [9.17, 15) is 19.2 Å². The highest BCUT2D eigenvalue weighted by molar-refractivity contribution is 5.87. The van der Waals surface area contributed by atoms with Crippen LogP contribution in [0.4, 0.5) is 9.59 Å². The fourth-order valence-electron chi connectivity index (χ4n) is 3.15. The van der Waals surface area contributed by atoms with Gasteiger partial charge in [-0.1, -0.05) is 60.7 Å². The number of unbranched alkanes of at least 4 members (excludes halogenated alkanes) is 1. The Morgan fingerprint density at radius 1 is 0.857 bits per heavy atom. The van der Waals surface area contributed by atoms with Crippen LogP contribution in [-0.2, 0) is 32.3 Å². The standard InChI is InChI=1S/C25H31N3O7/c1-28(16-22(29)30)23(31)21(27-25(33)35-18-20-12-6-3-7-13-20)14-8-9-15-26-24(32)34-17-19-10-4-2-5-11-19/h2-7,10-13,21H,8-9,14-18H2,1H3,(H,26,32)(H,27,33)(H,29,30)/t21-/m0/s1. The molecule has 0 radical (unpaired) electrons. The molecule has 2 aromatic carbocycles. The van der Waals surface area contributed by atoms with Crippen molar-refractivity contribution < 1.29 is 33.8 Å². The number of amides is 3. The lowest BCUT2D eigenvalue weighted by Gasteiger charge is -2.23. The van der Waals surface area contributed by atoms with E-state index >= 15 is 0 Å². The largest absolute Gasteiger partial charge is 0.480 e. The van der Waals surface area contributed by atoms with Gasteiger partial charge in [0.15, 0.2) is 0 Å². The Kier molecular flexibility index (Phi) is 11.6. The summed E-state index contributed by atoms with van der Waals surface area (Å²) in [6, 6.07) is 17.4. The van der Waals surface area contributed by atoms with Gasteiger partial charge in [-0.25, -0.2) is 9.59 Å². The Hall–Kier alpha value is -4.08. The second-order valence-electron chi connectivity index (χ2n) is 7.83. The SMILES string of the molecule is CN(CC(=O)O)C(=O)[C@H](CCCCNC(=O)OCc1ccccc1)NC(=O)OCc1ccccc1. The van der Waals surface area contributed by atoms with Crippen LogP contribution in [0.5, 0.6) is 0 Å². The number of nitrogens with zero attached hydrogens (tertiary/aromatic N) is 1. The summed E-state index contributed by atoms with van der Waals surface area (Å²) in [4.78, 5) is 48.8. The number of likely N-dealkylation sites (N-methyl/N-ethyl adjacent to an activating group) is 1. The van der Waals surface area contributed by atoms with E-state index in [1.807, 2.05) is 48.5 Å². The molecule has 0 heterocycles. The molecule has 1 atom stereocenters. The van der Waals surface area contributed by atoms with Gasteiger partial charge in [-0.3, -0.25) is 9.59 Å². The minimum absolute atomic E-state index is 0.0353. The second-order valence-corrected chi connectivity index (χ2v) is 7.83. The molecule has 0 aliphatic carbocycles. The second kappa shape index (κ2) is 14.9. The minimum atomic E-state index is -1.16. The molecule has 0 saturated heterocycles. The van der Waals surface area contributed by atoms with Gasteiger partial charge in [-0.05, 0) is 30.4 Å². The Labute approximate surface area is 204 Å².